The van der Waals surface area contributed by atoms with Crippen molar-refractivity contribution in [2.45, 2.75) is 87.6 Å². The second kappa shape index (κ2) is 8.81. The molecule has 3 N–H and O–H groups in total. The molecule has 4 bridgehead atoms. The molecule has 8 rings (SSSR count). The highest BCUT2D eigenvalue weighted by Crippen LogP contribution is 2.64. The number of aromatic nitrogens is 1. The molecule has 6 unspecified atom stereocenters. The maximum absolute atomic E-state index is 13.9. The van der Waals surface area contributed by atoms with E-state index in [9.17, 15) is 14.9 Å². The van der Waals surface area contributed by atoms with Crippen LogP contribution in [0.5, 0.6) is 0 Å². The molecule has 0 spiro atoms. The molecule has 2 aromatic rings. The number of likely N-dealkylation sites (N-methyl/N-ethyl adjacent to an activating group) is 1. The molecule has 1 aromatic heterocycles. The summed E-state index contributed by atoms with van der Waals surface area (Å²) in [7, 11) is 3.87. The highest BCUT2D eigenvalue weighted by atomic mass is 16.6. The topological polar surface area (TPSA) is 115 Å². The van der Waals surface area contributed by atoms with E-state index in [4.69, 9.17) is 10.5 Å². The number of para-hydroxylation sites is 1. The van der Waals surface area contributed by atoms with Gasteiger partial charge in [-0.15, -0.1) is 0 Å². The molecule has 1 saturated heterocycles. The van der Waals surface area contributed by atoms with Gasteiger partial charge in [0, 0.05) is 29.6 Å². The van der Waals surface area contributed by atoms with Crippen molar-refractivity contribution in [3.05, 3.63) is 36.0 Å². The molecule has 1 aliphatic heterocycles. The van der Waals surface area contributed by atoms with Gasteiger partial charge >= 0.3 is 5.97 Å². The fourth-order valence-electron chi connectivity index (χ4n) is 9.31. The van der Waals surface area contributed by atoms with Crippen molar-refractivity contribution in [2.24, 2.45) is 28.9 Å². The van der Waals surface area contributed by atoms with Gasteiger partial charge < -0.3 is 20.4 Å². The quantitative estimate of drug-likeness (QED) is 0.532. The number of nitriles is 1. The second-order valence-corrected chi connectivity index (χ2v) is 13.6. The van der Waals surface area contributed by atoms with Crippen LogP contribution in [0.3, 0.4) is 0 Å². The molecule has 0 radical (unpaired) electrons. The lowest BCUT2D eigenvalue weighted by molar-refractivity contribution is -0.209. The first-order valence-corrected chi connectivity index (χ1v) is 14.6. The van der Waals surface area contributed by atoms with E-state index in [0.717, 1.165) is 61.4 Å². The number of likely N-dealkylation sites (tertiary alicyclic amines) is 1. The molecule has 5 saturated carbocycles. The Morgan fingerprint density at radius 1 is 1.18 bits per heavy atom. The first-order chi connectivity index (χ1) is 18.7. The van der Waals surface area contributed by atoms with Crippen LogP contribution < -0.4 is 5.73 Å². The maximum atomic E-state index is 13.9. The molecule has 206 valence electrons. The van der Waals surface area contributed by atoms with Crippen LogP contribution in [-0.2, 0) is 20.7 Å². The Labute approximate surface area is 229 Å². The summed E-state index contributed by atoms with van der Waals surface area (Å²) in [5.74, 6) is 1.06. The van der Waals surface area contributed by atoms with Gasteiger partial charge in [0.15, 0.2) is 0 Å². The minimum atomic E-state index is -0.646. The van der Waals surface area contributed by atoms with E-state index >= 15 is 0 Å². The number of amides is 1. The zero-order valence-corrected chi connectivity index (χ0v) is 22.9. The van der Waals surface area contributed by atoms with Crippen molar-refractivity contribution in [1.82, 2.24) is 14.8 Å². The number of rotatable bonds is 7. The Bertz CT molecular complexity index is 1350. The molecule has 8 nitrogen and oxygen atoms in total. The minimum Gasteiger partial charge on any atom is -0.458 e. The fourth-order valence-corrected chi connectivity index (χ4v) is 9.31. The number of nitrogens with zero attached hydrogens (tertiary/aromatic N) is 3. The normalized spacial score (nSPS) is 37.5. The Morgan fingerprint density at radius 2 is 1.92 bits per heavy atom. The molecule has 8 heteroatoms. The second-order valence-electron chi connectivity index (χ2n) is 13.6. The largest absolute Gasteiger partial charge is 0.458 e. The number of H-pyrrole nitrogens is 1. The Kier molecular flexibility index (Phi) is 5.67. The summed E-state index contributed by atoms with van der Waals surface area (Å²) in [5, 5.41) is 10.8. The number of carbonyl (C=O) groups is 2. The highest BCUT2D eigenvalue weighted by molar-refractivity contribution is 5.85. The van der Waals surface area contributed by atoms with Gasteiger partial charge in [-0.25, -0.2) is 0 Å². The van der Waals surface area contributed by atoms with Gasteiger partial charge in [0.2, 0.25) is 5.91 Å². The van der Waals surface area contributed by atoms with Gasteiger partial charge in [-0.1, -0.05) is 18.2 Å². The minimum absolute atomic E-state index is 0.0551. The van der Waals surface area contributed by atoms with Crippen LogP contribution in [0.15, 0.2) is 30.5 Å². The van der Waals surface area contributed by atoms with Gasteiger partial charge in [-0.05, 0) is 100 Å². The number of benzene rings is 1. The molecule has 1 aromatic carbocycles. The molecular weight excluding hydrogens is 490 g/mol. The van der Waals surface area contributed by atoms with Crippen molar-refractivity contribution in [2.75, 3.05) is 14.1 Å². The number of esters is 1. The summed E-state index contributed by atoms with van der Waals surface area (Å²) < 4.78 is 6.56. The number of hydrogen-bond donors (Lipinski definition) is 2. The number of nitrogens with two attached hydrogens (primary N) is 1. The summed E-state index contributed by atoms with van der Waals surface area (Å²) in [6.07, 6.45) is 9.68. The summed E-state index contributed by atoms with van der Waals surface area (Å²) in [6, 6.07) is 9.29. The SMILES string of the molecule is CN(C)C(Cc1c[nH]c2ccccc12)C(=O)OC12CC3C[C@H](C1)CC([C@H](N)C(=O)N1C4CC4C[C@H]1C#N)(C3)C2. The molecule has 5 aliphatic carbocycles. The lowest BCUT2D eigenvalue weighted by atomic mass is 9.46. The van der Waals surface area contributed by atoms with Crippen LogP contribution in [0.25, 0.3) is 10.9 Å². The predicted molar refractivity (Wildman–Crippen MR) is 146 cm³/mol. The maximum Gasteiger partial charge on any atom is 0.324 e. The summed E-state index contributed by atoms with van der Waals surface area (Å²) in [6.45, 7) is 0. The molecule has 39 heavy (non-hydrogen) atoms. The lowest BCUT2D eigenvalue weighted by Crippen LogP contribution is -2.66. The van der Waals surface area contributed by atoms with Crippen LogP contribution >= 0.6 is 0 Å². The van der Waals surface area contributed by atoms with E-state index in [-0.39, 0.29) is 29.4 Å². The standard InChI is InChI=1S/C31H39N5O3/c1-35(2)26(10-21-16-34-24-6-4-3-5-23(21)24)29(38)39-31-13-18-7-19(14-31)12-30(11-18,17-31)27(33)28(37)36-22(15-32)8-20-9-25(20)36/h3-6,16,18-20,22,25-27,34H,7-14,17,33H2,1-2H3/t18-,19?,20?,22-,25?,26?,27+,30?,31?/m0/s1. The predicted octanol–water partition coefficient (Wildman–Crippen LogP) is 3.36. The third-order valence-corrected chi connectivity index (χ3v) is 10.8. The number of hydrogen-bond acceptors (Lipinski definition) is 6. The number of piperidine rings is 1. The van der Waals surface area contributed by atoms with Crippen LogP contribution in [0.4, 0.5) is 0 Å². The van der Waals surface area contributed by atoms with Gasteiger partial charge in [0.1, 0.15) is 17.7 Å². The molecular formula is C31H39N5O3. The van der Waals surface area contributed by atoms with E-state index in [0.29, 0.717) is 30.6 Å². The molecule has 1 amide bonds. The molecule has 6 aliphatic rings. The van der Waals surface area contributed by atoms with Gasteiger partial charge in [-0.2, -0.15) is 5.26 Å². The van der Waals surface area contributed by atoms with Crippen LogP contribution in [0.2, 0.25) is 0 Å². The summed E-state index contributed by atoms with van der Waals surface area (Å²) in [5.41, 5.74) is 8.13. The first kappa shape index (κ1) is 25.1. The number of aromatic amines is 1. The summed E-state index contributed by atoms with van der Waals surface area (Å²) >= 11 is 0. The summed E-state index contributed by atoms with van der Waals surface area (Å²) in [4.78, 5) is 34.8. The first-order valence-electron chi connectivity index (χ1n) is 14.6. The Morgan fingerprint density at radius 3 is 2.64 bits per heavy atom. The Balaban J connectivity index is 1.12. The van der Waals surface area contributed by atoms with Crippen LogP contribution in [0.1, 0.15) is 56.9 Å². The fraction of sp³-hybridized carbons (Fsp3) is 0.645. The smallest absolute Gasteiger partial charge is 0.324 e. The average Bonchev–Trinajstić information content (AvgIpc) is 3.37. The van der Waals surface area contributed by atoms with Crippen molar-refractivity contribution in [3.8, 4) is 6.07 Å². The van der Waals surface area contributed by atoms with Crippen molar-refractivity contribution < 1.29 is 14.3 Å². The third-order valence-electron chi connectivity index (χ3n) is 10.8. The number of carbonyl (C=O) groups excluding carboxylic acids is 2. The van der Waals surface area contributed by atoms with E-state index in [1.165, 1.54) is 0 Å². The monoisotopic (exact) mass is 529 g/mol. The zero-order chi connectivity index (χ0) is 27.1. The van der Waals surface area contributed by atoms with Crippen LogP contribution in [0, 0.1) is 34.5 Å². The van der Waals surface area contributed by atoms with Gasteiger partial charge in [0.05, 0.1) is 12.1 Å². The number of nitrogens with one attached hydrogen (secondary N) is 1. The number of ether oxygens (including phenoxy) is 1. The average molecular weight is 530 g/mol. The van der Waals surface area contributed by atoms with E-state index in [2.05, 4.69) is 17.1 Å². The van der Waals surface area contributed by atoms with E-state index in [1.54, 1.807) is 0 Å². The van der Waals surface area contributed by atoms with Gasteiger partial charge in [0.25, 0.3) is 0 Å². The van der Waals surface area contributed by atoms with E-state index in [1.807, 2.05) is 48.3 Å². The van der Waals surface area contributed by atoms with Crippen molar-refractivity contribution in [3.63, 3.8) is 0 Å². The number of fused-ring (bicyclic) bond motifs is 2. The Hall–Kier alpha value is -2.89. The third kappa shape index (κ3) is 4.00. The van der Waals surface area contributed by atoms with Crippen LogP contribution in [-0.4, -0.2) is 70.5 Å². The van der Waals surface area contributed by atoms with Gasteiger partial charge in [-0.3, -0.25) is 14.5 Å². The molecule has 2 heterocycles. The van der Waals surface area contributed by atoms with E-state index < -0.39 is 17.7 Å². The zero-order valence-electron chi connectivity index (χ0n) is 22.9. The van der Waals surface area contributed by atoms with Crippen molar-refractivity contribution in [1.29, 1.82) is 5.26 Å². The highest BCUT2D eigenvalue weighted by Gasteiger charge is 2.64. The lowest BCUT2D eigenvalue weighted by Gasteiger charge is -2.62. The molecule has 6 fully saturated rings. The molecule has 9 atom stereocenters. The van der Waals surface area contributed by atoms with Crippen molar-refractivity contribution >= 4 is 22.8 Å².